The van der Waals surface area contributed by atoms with Crippen molar-refractivity contribution in [3.8, 4) is 0 Å². The van der Waals surface area contributed by atoms with E-state index in [1.807, 2.05) is 20.8 Å². The lowest BCUT2D eigenvalue weighted by atomic mass is 10.3. The molecule has 5 nitrogen and oxygen atoms in total. The fourth-order valence-electron chi connectivity index (χ4n) is 1.67. The molecule has 0 aliphatic rings. The Morgan fingerprint density at radius 1 is 1.06 bits per heavy atom. The van der Waals surface area contributed by atoms with Crippen molar-refractivity contribution in [2.75, 3.05) is 36.9 Å². The maximum absolute atomic E-state index is 5.30. The fourth-order valence-corrected chi connectivity index (χ4v) is 1.67. The largest absolute Gasteiger partial charge is 0.382 e. The molecule has 0 aliphatic carbocycles. The minimum absolute atomic E-state index is 0.774. The first-order valence-corrected chi connectivity index (χ1v) is 6.59. The van der Waals surface area contributed by atoms with Gasteiger partial charge in [-0.2, -0.15) is 0 Å². The second-order valence-corrected chi connectivity index (χ2v) is 4.10. The van der Waals surface area contributed by atoms with Crippen molar-refractivity contribution in [3.05, 3.63) is 11.4 Å². The number of rotatable bonds is 8. The molecular formula is C13H24N4O. The molecule has 1 aromatic rings. The Morgan fingerprint density at radius 2 is 1.72 bits per heavy atom. The van der Waals surface area contributed by atoms with Crippen LogP contribution in [0, 0.1) is 13.8 Å². The zero-order chi connectivity index (χ0) is 13.4. The van der Waals surface area contributed by atoms with Gasteiger partial charge in [0.2, 0.25) is 0 Å². The highest BCUT2D eigenvalue weighted by atomic mass is 16.5. The average molecular weight is 252 g/mol. The topological polar surface area (TPSA) is 59.1 Å². The van der Waals surface area contributed by atoms with Crippen LogP contribution in [0.25, 0.3) is 0 Å². The van der Waals surface area contributed by atoms with Crippen LogP contribution in [-0.4, -0.2) is 36.3 Å². The molecule has 0 bridgehead atoms. The molecule has 18 heavy (non-hydrogen) atoms. The molecule has 0 atom stereocenters. The highest BCUT2D eigenvalue weighted by Crippen LogP contribution is 2.19. The van der Waals surface area contributed by atoms with Crippen molar-refractivity contribution in [1.82, 2.24) is 9.97 Å². The molecule has 1 heterocycles. The molecule has 0 spiro atoms. The van der Waals surface area contributed by atoms with Crippen molar-refractivity contribution >= 4 is 11.6 Å². The molecule has 0 aromatic carbocycles. The van der Waals surface area contributed by atoms with E-state index in [1.54, 1.807) is 0 Å². The van der Waals surface area contributed by atoms with Gasteiger partial charge in [-0.15, -0.1) is 0 Å². The standard InChI is InChI=1S/C13H24N4O/c1-5-14-12-10(3)13(17-11(4)16-12)15-8-7-9-18-6-2/h5-9H2,1-4H3,(H2,14,15,16,17). The Bertz CT molecular complexity index is 368. The van der Waals surface area contributed by atoms with Gasteiger partial charge in [-0.05, 0) is 34.1 Å². The quantitative estimate of drug-likeness (QED) is 0.696. The summed E-state index contributed by atoms with van der Waals surface area (Å²) >= 11 is 0. The molecule has 0 amide bonds. The SMILES string of the molecule is CCNc1nc(C)nc(NCCCOCC)c1C. The first kappa shape index (κ1) is 14.7. The summed E-state index contributed by atoms with van der Waals surface area (Å²) in [6.07, 6.45) is 0.979. The number of aromatic nitrogens is 2. The molecule has 0 radical (unpaired) electrons. The second kappa shape index (κ2) is 7.87. The van der Waals surface area contributed by atoms with E-state index in [4.69, 9.17) is 4.74 Å². The Kier molecular flexibility index (Phi) is 6.43. The summed E-state index contributed by atoms with van der Waals surface area (Å²) in [6.45, 7) is 11.3. The van der Waals surface area contributed by atoms with Gasteiger partial charge in [0.15, 0.2) is 0 Å². The summed E-state index contributed by atoms with van der Waals surface area (Å²) in [4.78, 5) is 8.82. The van der Waals surface area contributed by atoms with Crippen LogP contribution in [0.5, 0.6) is 0 Å². The number of nitrogens with one attached hydrogen (secondary N) is 2. The van der Waals surface area contributed by atoms with Crippen LogP contribution in [0.2, 0.25) is 0 Å². The summed E-state index contributed by atoms with van der Waals surface area (Å²) in [7, 11) is 0. The van der Waals surface area contributed by atoms with Gasteiger partial charge in [-0.1, -0.05) is 0 Å². The number of ether oxygens (including phenoxy) is 1. The summed E-state index contributed by atoms with van der Waals surface area (Å²) in [5.74, 6) is 2.61. The minimum atomic E-state index is 0.774. The highest BCUT2D eigenvalue weighted by Gasteiger charge is 2.07. The maximum Gasteiger partial charge on any atom is 0.134 e. The lowest BCUT2D eigenvalue weighted by Gasteiger charge is -2.13. The zero-order valence-corrected chi connectivity index (χ0v) is 11.8. The first-order chi connectivity index (χ1) is 8.69. The third-order valence-corrected chi connectivity index (χ3v) is 2.56. The number of hydrogen-bond acceptors (Lipinski definition) is 5. The molecule has 5 heteroatoms. The minimum Gasteiger partial charge on any atom is -0.382 e. The smallest absolute Gasteiger partial charge is 0.134 e. The predicted molar refractivity (Wildman–Crippen MR) is 75.3 cm³/mol. The maximum atomic E-state index is 5.30. The molecule has 0 fully saturated rings. The number of anilines is 2. The summed E-state index contributed by atoms with van der Waals surface area (Å²) in [6, 6.07) is 0. The number of nitrogens with zero attached hydrogens (tertiary/aromatic N) is 2. The van der Waals surface area contributed by atoms with Crippen molar-refractivity contribution in [2.45, 2.75) is 34.1 Å². The van der Waals surface area contributed by atoms with Gasteiger partial charge < -0.3 is 15.4 Å². The Morgan fingerprint density at radius 3 is 2.33 bits per heavy atom. The van der Waals surface area contributed by atoms with Gasteiger partial charge in [0.25, 0.3) is 0 Å². The highest BCUT2D eigenvalue weighted by molar-refractivity contribution is 5.57. The molecule has 2 N–H and O–H groups in total. The normalized spacial score (nSPS) is 10.4. The van der Waals surface area contributed by atoms with E-state index in [-0.39, 0.29) is 0 Å². The number of aryl methyl sites for hydroxylation is 1. The second-order valence-electron chi connectivity index (χ2n) is 4.10. The molecule has 0 aliphatic heterocycles. The fraction of sp³-hybridized carbons (Fsp3) is 0.692. The van der Waals surface area contributed by atoms with Crippen LogP contribution in [0.4, 0.5) is 11.6 Å². The monoisotopic (exact) mass is 252 g/mol. The average Bonchev–Trinajstić information content (AvgIpc) is 2.34. The first-order valence-electron chi connectivity index (χ1n) is 6.59. The van der Waals surface area contributed by atoms with E-state index in [0.717, 1.165) is 55.7 Å². The van der Waals surface area contributed by atoms with E-state index in [9.17, 15) is 0 Å². The van der Waals surface area contributed by atoms with Gasteiger partial charge in [0.1, 0.15) is 17.5 Å². The van der Waals surface area contributed by atoms with Crippen LogP contribution >= 0.6 is 0 Å². The van der Waals surface area contributed by atoms with Crippen molar-refractivity contribution in [2.24, 2.45) is 0 Å². The lowest BCUT2D eigenvalue weighted by molar-refractivity contribution is 0.147. The van der Waals surface area contributed by atoms with Crippen molar-refractivity contribution in [3.63, 3.8) is 0 Å². The molecule has 0 saturated heterocycles. The third-order valence-electron chi connectivity index (χ3n) is 2.56. The molecular weight excluding hydrogens is 228 g/mol. The third kappa shape index (κ3) is 4.49. The molecule has 1 aromatic heterocycles. The van der Waals surface area contributed by atoms with E-state index < -0.39 is 0 Å². The van der Waals surface area contributed by atoms with Crippen molar-refractivity contribution in [1.29, 1.82) is 0 Å². The zero-order valence-electron chi connectivity index (χ0n) is 11.8. The van der Waals surface area contributed by atoms with Crippen LogP contribution in [0.1, 0.15) is 31.7 Å². The van der Waals surface area contributed by atoms with Gasteiger partial charge in [0, 0.05) is 31.9 Å². The van der Waals surface area contributed by atoms with E-state index in [1.165, 1.54) is 0 Å². The van der Waals surface area contributed by atoms with E-state index in [0.29, 0.717) is 0 Å². The Labute approximate surface area is 109 Å². The summed E-state index contributed by atoms with van der Waals surface area (Å²) < 4.78 is 5.30. The Balaban J connectivity index is 2.58. The van der Waals surface area contributed by atoms with Gasteiger partial charge >= 0.3 is 0 Å². The number of hydrogen-bond donors (Lipinski definition) is 2. The van der Waals surface area contributed by atoms with Gasteiger partial charge in [-0.3, -0.25) is 0 Å². The summed E-state index contributed by atoms with van der Waals surface area (Å²) in [5.41, 5.74) is 1.07. The predicted octanol–water partition coefficient (Wildman–Crippen LogP) is 2.36. The molecule has 102 valence electrons. The van der Waals surface area contributed by atoms with Crippen LogP contribution < -0.4 is 10.6 Å². The van der Waals surface area contributed by atoms with Crippen molar-refractivity contribution < 1.29 is 4.74 Å². The van der Waals surface area contributed by atoms with Gasteiger partial charge in [-0.25, -0.2) is 9.97 Å². The molecule has 0 saturated carbocycles. The molecule has 0 unspecified atom stereocenters. The summed E-state index contributed by atoms with van der Waals surface area (Å²) in [5, 5.41) is 6.59. The van der Waals surface area contributed by atoms with Gasteiger partial charge in [0.05, 0.1) is 0 Å². The van der Waals surface area contributed by atoms with Crippen LogP contribution in [0.15, 0.2) is 0 Å². The van der Waals surface area contributed by atoms with Crippen LogP contribution in [0.3, 0.4) is 0 Å². The van der Waals surface area contributed by atoms with E-state index >= 15 is 0 Å². The Hall–Kier alpha value is -1.36. The molecule has 1 rings (SSSR count). The van der Waals surface area contributed by atoms with Crippen LogP contribution in [-0.2, 0) is 4.74 Å². The lowest BCUT2D eigenvalue weighted by Crippen LogP contribution is -2.12. The van der Waals surface area contributed by atoms with E-state index in [2.05, 4.69) is 27.5 Å².